The number of rotatable bonds is 4. The quantitative estimate of drug-likeness (QED) is 0.621. The van der Waals surface area contributed by atoms with Gasteiger partial charge in [0, 0.05) is 26.7 Å². The molecule has 0 atom stereocenters. The number of benzene rings is 2. The third-order valence-electron chi connectivity index (χ3n) is 3.51. The first-order valence-corrected chi connectivity index (χ1v) is 9.16. The van der Waals surface area contributed by atoms with Crippen LogP contribution in [0.5, 0.6) is 0 Å². The zero-order chi connectivity index (χ0) is 18.7. The Bertz CT molecular complexity index is 971. The molecule has 0 radical (unpaired) electrons. The van der Waals surface area contributed by atoms with E-state index in [1.165, 1.54) is 11.3 Å². The van der Waals surface area contributed by atoms with E-state index in [0.29, 0.717) is 26.4 Å². The van der Waals surface area contributed by atoms with Crippen molar-refractivity contribution < 1.29 is 9.59 Å². The minimum atomic E-state index is -0.376. The fourth-order valence-corrected chi connectivity index (χ4v) is 3.11. The number of nitrogens with one attached hydrogen (secondary N) is 2. The average Bonchev–Trinajstić information content (AvgIpc) is 3.07. The van der Waals surface area contributed by atoms with Crippen LogP contribution in [0, 0.1) is 6.92 Å². The summed E-state index contributed by atoms with van der Waals surface area (Å²) in [6.07, 6.45) is 0. The van der Waals surface area contributed by atoms with Crippen molar-refractivity contribution in [1.82, 2.24) is 4.98 Å². The molecule has 8 heteroatoms. The Hall–Kier alpha value is -2.41. The Kier molecular flexibility index (Phi) is 5.56. The molecule has 132 valence electrons. The average molecular weight is 406 g/mol. The smallest absolute Gasteiger partial charge is 0.275 e. The van der Waals surface area contributed by atoms with E-state index in [4.69, 9.17) is 23.2 Å². The molecule has 26 heavy (non-hydrogen) atoms. The number of aromatic nitrogens is 1. The summed E-state index contributed by atoms with van der Waals surface area (Å²) in [7, 11) is 0. The molecule has 0 saturated heterocycles. The van der Waals surface area contributed by atoms with Gasteiger partial charge in [-0.3, -0.25) is 14.9 Å². The molecule has 0 unspecified atom stereocenters. The van der Waals surface area contributed by atoms with Crippen molar-refractivity contribution in [3.8, 4) is 0 Å². The second-order valence-electron chi connectivity index (χ2n) is 5.41. The van der Waals surface area contributed by atoms with E-state index in [-0.39, 0.29) is 17.5 Å². The summed E-state index contributed by atoms with van der Waals surface area (Å²) in [4.78, 5) is 28.7. The van der Waals surface area contributed by atoms with Crippen LogP contribution in [0.2, 0.25) is 10.0 Å². The highest BCUT2D eigenvalue weighted by atomic mass is 35.5. The predicted molar refractivity (Wildman–Crippen MR) is 106 cm³/mol. The highest BCUT2D eigenvalue weighted by Gasteiger charge is 2.14. The van der Waals surface area contributed by atoms with Gasteiger partial charge in [0.15, 0.2) is 5.13 Å². The number of aryl methyl sites for hydroxylation is 1. The van der Waals surface area contributed by atoms with Crippen LogP contribution in [0.25, 0.3) is 0 Å². The highest BCUT2D eigenvalue weighted by molar-refractivity contribution is 7.14. The fourth-order valence-electron chi connectivity index (χ4n) is 2.12. The molecule has 2 amide bonds. The number of anilines is 2. The number of halogens is 2. The normalized spacial score (nSPS) is 10.4. The van der Waals surface area contributed by atoms with Crippen LogP contribution in [-0.4, -0.2) is 16.8 Å². The molecule has 0 aliphatic rings. The summed E-state index contributed by atoms with van der Waals surface area (Å²) in [5, 5.41) is 8.41. The van der Waals surface area contributed by atoms with E-state index in [2.05, 4.69) is 15.6 Å². The van der Waals surface area contributed by atoms with Gasteiger partial charge in [-0.25, -0.2) is 4.98 Å². The summed E-state index contributed by atoms with van der Waals surface area (Å²) in [5.41, 5.74) is 2.16. The maximum Gasteiger partial charge on any atom is 0.275 e. The third-order valence-corrected chi connectivity index (χ3v) is 4.76. The van der Waals surface area contributed by atoms with Gasteiger partial charge >= 0.3 is 0 Å². The maximum atomic E-state index is 12.3. The van der Waals surface area contributed by atoms with Crippen LogP contribution < -0.4 is 10.6 Å². The van der Waals surface area contributed by atoms with Gasteiger partial charge in [0.25, 0.3) is 11.8 Å². The molecule has 0 saturated carbocycles. The summed E-state index contributed by atoms with van der Waals surface area (Å²) >= 11 is 12.9. The molecule has 0 aliphatic carbocycles. The minimum absolute atomic E-state index is 0.209. The zero-order valence-corrected chi connectivity index (χ0v) is 15.9. The molecule has 3 rings (SSSR count). The summed E-state index contributed by atoms with van der Waals surface area (Å²) < 4.78 is 0. The lowest BCUT2D eigenvalue weighted by Crippen LogP contribution is -2.14. The predicted octanol–water partition coefficient (Wildman–Crippen LogP) is 5.26. The summed E-state index contributed by atoms with van der Waals surface area (Å²) in [5.74, 6) is -0.702. The monoisotopic (exact) mass is 405 g/mol. The van der Waals surface area contributed by atoms with Crippen molar-refractivity contribution >= 4 is 57.2 Å². The number of thiazole rings is 1. The van der Waals surface area contributed by atoms with Gasteiger partial charge in [-0.15, -0.1) is 11.3 Å². The standard InChI is InChI=1S/C18H13Cl2N3O2S/c1-10-2-5-13(20)8-14(10)21-17(25)15-9-26-18(22-15)23-16(24)11-3-6-12(19)7-4-11/h2-9H,1H3,(H,21,25)(H,22,23,24). The first-order valence-electron chi connectivity index (χ1n) is 7.52. The molecule has 0 spiro atoms. The minimum Gasteiger partial charge on any atom is -0.320 e. The largest absolute Gasteiger partial charge is 0.320 e. The Labute approximate surface area is 164 Å². The van der Waals surface area contributed by atoms with E-state index in [1.54, 1.807) is 41.8 Å². The van der Waals surface area contributed by atoms with E-state index >= 15 is 0 Å². The Morgan fingerprint density at radius 3 is 2.38 bits per heavy atom. The first-order chi connectivity index (χ1) is 12.4. The van der Waals surface area contributed by atoms with Crippen molar-refractivity contribution in [2.45, 2.75) is 6.92 Å². The molecule has 5 nitrogen and oxygen atoms in total. The van der Waals surface area contributed by atoms with Crippen molar-refractivity contribution in [3.05, 3.63) is 74.7 Å². The van der Waals surface area contributed by atoms with Gasteiger partial charge in [-0.1, -0.05) is 29.3 Å². The maximum absolute atomic E-state index is 12.3. The van der Waals surface area contributed by atoms with E-state index in [0.717, 1.165) is 5.56 Å². The van der Waals surface area contributed by atoms with Gasteiger partial charge < -0.3 is 5.32 Å². The number of hydrogen-bond donors (Lipinski definition) is 2. The number of amides is 2. The van der Waals surface area contributed by atoms with Crippen LogP contribution in [0.3, 0.4) is 0 Å². The topological polar surface area (TPSA) is 71.1 Å². The Morgan fingerprint density at radius 2 is 1.65 bits per heavy atom. The first kappa shape index (κ1) is 18.4. The molecular formula is C18H13Cl2N3O2S. The third kappa shape index (κ3) is 4.40. The van der Waals surface area contributed by atoms with Crippen LogP contribution >= 0.6 is 34.5 Å². The lowest BCUT2D eigenvalue weighted by molar-refractivity contribution is 0.101. The SMILES string of the molecule is Cc1ccc(Cl)cc1NC(=O)c1csc(NC(=O)c2ccc(Cl)cc2)n1. The van der Waals surface area contributed by atoms with E-state index < -0.39 is 0 Å². The van der Waals surface area contributed by atoms with E-state index in [9.17, 15) is 9.59 Å². The van der Waals surface area contributed by atoms with Crippen molar-refractivity contribution in [2.24, 2.45) is 0 Å². The van der Waals surface area contributed by atoms with Crippen molar-refractivity contribution in [3.63, 3.8) is 0 Å². The number of nitrogens with zero attached hydrogens (tertiary/aromatic N) is 1. The zero-order valence-electron chi connectivity index (χ0n) is 13.5. The molecule has 2 aromatic carbocycles. The molecule has 1 aromatic heterocycles. The van der Waals surface area contributed by atoms with E-state index in [1.807, 2.05) is 13.0 Å². The fraction of sp³-hybridized carbons (Fsp3) is 0.0556. The molecular weight excluding hydrogens is 393 g/mol. The lowest BCUT2D eigenvalue weighted by Gasteiger charge is -2.07. The van der Waals surface area contributed by atoms with Gasteiger partial charge in [0.1, 0.15) is 5.69 Å². The van der Waals surface area contributed by atoms with Gasteiger partial charge in [0.2, 0.25) is 0 Å². The molecule has 2 N–H and O–H groups in total. The molecule has 0 bridgehead atoms. The van der Waals surface area contributed by atoms with Crippen LogP contribution in [0.4, 0.5) is 10.8 Å². The number of hydrogen-bond acceptors (Lipinski definition) is 4. The molecule has 0 fully saturated rings. The molecule has 0 aliphatic heterocycles. The number of carbonyl (C=O) groups is 2. The highest BCUT2D eigenvalue weighted by Crippen LogP contribution is 2.22. The summed E-state index contributed by atoms with van der Waals surface area (Å²) in [6, 6.07) is 11.7. The van der Waals surface area contributed by atoms with Crippen LogP contribution in [-0.2, 0) is 0 Å². The molecule has 1 heterocycles. The lowest BCUT2D eigenvalue weighted by atomic mass is 10.2. The summed E-state index contributed by atoms with van der Waals surface area (Å²) in [6.45, 7) is 1.87. The van der Waals surface area contributed by atoms with Crippen LogP contribution in [0.15, 0.2) is 47.8 Å². The van der Waals surface area contributed by atoms with Gasteiger partial charge in [-0.05, 0) is 48.9 Å². The Morgan fingerprint density at radius 1 is 0.962 bits per heavy atom. The second-order valence-corrected chi connectivity index (χ2v) is 7.14. The van der Waals surface area contributed by atoms with Crippen LogP contribution in [0.1, 0.15) is 26.4 Å². The molecule has 3 aromatic rings. The van der Waals surface area contributed by atoms with Gasteiger partial charge in [0.05, 0.1) is 0 Å². The van der Waals surface area contributed by atoms with Crippen molar-refractivity contribution in [2.75, 3.05) is 10.6 Å². The second kappa shape index (κ2) is 7.86. The van der Waals surface area contributed by atoms with Gasteiger partial charge in [-0.2, -0.15) is 0 Å². The number of carbonyl (C=O) groups excluding carboxylic acids is 2. The van der Waals surface area contributed by atoms with Crippen molar-refractivity contribution in [1.29, 1.82) is 0 Å². The Balaban J connectivity index is 1.69.